The Bertz CT molecular complexity index is 2750. The zero-order valence-electron chi connectivity index (χ0n) is 34.4. The summed E-state index contributed by atoms with van der Waals surface area (Å²) in [6.45, 7) is -2.08. The van der Waals surface area contributed by atoms with Gasteiger partial charge >= 0.3 is 12.4 Å². The van der Waals surface area contributed by atoms with E-state index in [1.54, 1.807) is 97.1 Å². The van der Waals surface area contributed by atoms with Crippen LogP contribution in [-0.2, 0) is 24.3 Å². The van der Waals surface area contributed by atoms with Crippen LogP contribution in [-0.4, -0.2) is 54.8 Å². The molecule has 0 bridgehead atoms. The number of nitro groups is 2. The van der Waals surface area contributed by atoms with Gasteiger partial charge in [0, 0.05) is 59.5 Å². The SMILES string of the molecule is O=[N+]([O-])c1cccc2c(C(O)(COc3ccccc3)C(F)(F)F)cn(Cc3ccccc3)c12.O=[N+]([O-])c1cccc2c(C(O)(COc3ccccc3)C(F)(F)F)cn(Cc3ccccc3)c12. The number of halogens is 6. The van der Waals surface area contributed by atoms with Crippen molar-refractivity contribution >= 4 is 33.2 Å². The third-order valence-corrected chi connectivity index (χ3v) is 10.7. The monoisotopic (exact) mass is 912 g/mol. The first kappa shape index (κ1) is 46.3. The summed E-state index contributed by atoms with van der Waals surface area (Å²) < 4.78 is 98.8. The van der Waals surface area contributed by atoms with Crippen LogP contribution >= 0.6 is 0 Å². The lowest BCUT2D eigenvalue weighted by Crippen LogP contribution is -2.47. The number of nitrogens with zero attached hydrogens (tertiary/aromatic N) is 4. The maximum absolute atomic E-state index is 14.2. The van der Waals surface area contributed by atoms with Gasteiger partial charge < -0.3 is 28.8 Å². The van der Waals surface area contributed by atoms with Gasteiger partial charge in [0.15, 0.2) is 0 Å². The third-order valence-electron chi connectivity index (χ3n) is 10.7. The van der Waals surface area contributed by atoms with Crippen LogP contribution < -0.4 is 9.47 Å². The molecule has 18 heteroatoms. The number of aromatic nitrogens is 2. The second-order valence-corrected chi connectivity index (χ2v) is 15.1. The molecule has 340 valence electrons. The van der Waals surface area contributed by atoms with Crippen LogP contribution in [0.3, 0.4) is 0 Å². The summed E-state index contributed by atoms with van der Waals surface area (Å²) in [6.07, 6.45) is -7.99. The van der Waals surface area contributed by atoms with Crippen LogP contribution in [0, 0.1) is 20.2 Å². The van der Waals surface area contributed by atoms with Gasteiger partial charge in [0.1, 0.15) is 35.7 Å². The van der Waals surface area contributed by atoms with Crippen molar-refractivity contribution in [3.8, 4) is 11.5 Å². The van der Waals surface area contributed by atoms with Gasteiger partial charge in [-0.05, 0) is 35.4 Å². The standard InChI is InChI=1S/2C24H19F3N2O4/c2*25-24(26,27)23(30,16-33-18-10-5-2-6-11-18)20-15-28(14-17-8-3-1-4-9-17)22-19(20)12-7-13-21(22)29(31)32/h2*1-13,15,30H,14,16H2. The van der Waals surface area contributed by atoms with Crippen molar-refractivity contribution in [2.45, 2.75) is 36.6 Å². The highest BCUT2D eigenvalue weighted by Gasteiger charge is 2.58. The van der Waals surface area contributed by atoms with E-state index in [9.17, 15) is 56.8 Å². The molecule has 0 amide bonds. The Hall–Kier alpha value is -7.70. The van der Waals surface area contributed by atoms with Crippen LogP contribution in [0.25, 0.3) is 21.8 Å². The van der Waals surface area contributed by atoms with Gasteiger partial charge in [-0.1, -0.05) is 121 Å². The molecule has 8 aromatic rings. The summed E-state index contributed by atoms with van der Waals surface area (Å²) in [5, 5.41) is 45.1. The minimum absolute atomic E-state index is 0.0104. The normalized spacial score (nSPS) is 13.6. The first-order valence-corrected chi connectivity index (χ1v) is 20.0. The highest BCUT2D eigenvalue weighted by molar-refractivity contribution is 5.93. The molecule has 2 unspecified atom stereocenters. The number of ether oxygens (including phenoxy) is 2. The minimum atomic E-state index is -5.11. The Morgan fingerprint density at radius 1 is 0.470 bits per heavy atom. The van der Waals surface area contributed by atoms with Gasteiger partial charge in [-0.15, -0.1) is 0 Å². The highest BCUT2D eigenvalue weighted by Crippen LogP contribution is 2.46. The maximum Gasteiger partial charge on any atom is 0.424 e. The summed E-state index contributed by atoms with van der Waals surface area (Å²) in [7, 11) is 0. The molecule has 0 spiro atoms. The summed E-state index contributed by atoms with van der Waals surface area (Å²) >= 11 is 0. The maximum atomic E-state index is 14.2. The van der Waals surface area contributed by atoms with Crippen molar-refractivity contribution in [3.05, 3.63) is 213 Å². The lowest BCUT2D eigenvalue weighted by molar-refractivity contribution is -0.383. The summed E-state index contributed by atoms with van der Waals surface area (Å²) in [6, 6.07) is 41.0. The number of rotatable bonds is 14. The Kier molecular flexibility index (Phi) is 13.2. The molecular formula is C48H38F6N4O8. The van der Waals surface area contributed by atoms with Gasteiger partial charge in [0.25, 0.3) is 11.4 Å². The van der Waals surface area contributed by atoms with Crippen LogP contribution in [0.1, 0.15) is 22.3 Å². The van der Waals surface area contributed by atoms with Crippen molar-refractivity contribution < 1.29 is 55.9 Å². The highest BCUT2D eigenvalue weighted by atomic mass is 19.4. The van der Waals surface area contributed by atoms with E-state index in [1.807, 2.05) is 0 Å². The lowest BCUT2D eigenvalue weighted by atomic mass is 9.93. The number of fused-ring (bicyclic) bond motifs is 2. The van der Waals surface area contributed by atoms with Crippen LogP contribution in [0.4, 0.5) is 37.7 Å². The zero-order valence-corrected chi connectivity index (χ0v) is 34.4. The van der Waals surface area contributed by atoms with E-state index < -0.39 is 57.7 Å². The fourth-order valence-electron chi connectivity index (χ4n) is 7.48. The van der Waals surface area contributed by atoms with Crippen molar-refractivity contribution in [3.63, 3.8) is 0 Å². The molecule has 0 aliphatic heterocycles. The predicted octanol–water partition coefficient (Wildman–Crippen LogP) is 10.9. The molecule has 2 aromatic heterocycles. The first-order valence-electron chi connectivity index (χ1n) is 20.0. The summed E-state index contributed by atoms with van der Waals surface area (Å²) in [5.41, 5.74) is -7.11. The lowest BCUT2D eigenvalue weighted by Gasteiger charge is -2.30. The van der Waals surface area contributed by atoms with E-state index in [0.717, 1.165) is 23.5 Å². The first-order chi connectivity index (χ1) is 31.4. The molecule has 66 heavy (non-hydrogen) atoms. The van der Waals surface area contributed by atoms with E-state index in [-0.39, 0.29) is 57.8 Å². The molecule has 0 saturated carbocycles. The van der Waals surface area contributed by atoms with Crippen LogP contribution in [0.15, 0.2) is 170 Å². The molecule has 0 radical (unpaired) electrons. The molecule has 0 aliphatic carbocycles. The Labute approximate surface area is 371 Å². The van der Waals surface area contributed by atoms with E-state index in [1.165, 1.54) is 69.8 Å². The number of para-hydroxylation sites is 4. The van der Waals surface area contributed by atoms with Crippen molar-refractivity contribution in [1.82, 2.24) is 9.13 Å². The van der Waals surface area contributed by atoms with Gasteiger partial charge in [0.05, 0.1) is 9.85 Å². The number of benzene rings is 6. The zero-order chi connectivity index (χ0) is 47.3. The van der Waals surface area contributed by atoms with Crippen molar-refractivity contribution in [2.75, 3.05) is 13.2 Å². The second-order valence-electron chi connectivity index (χ2n) is 15.1. The number of hydrogen-bond donors (Lipinski definition) is 2. The molecule has 0 aliphatic rings. The van der Waals surface area contributed by atoms with Gasteiger partial charge in [-0.2, -0.15) is 26.3 Å². The second kappa shape index (κ2) is 18.8. The van der Waals surface area contributed by atoms with E-state index in [0.29, 0.717) is 0 Å². The van der Waals surface area contributed by atoms with E-state index in [2.05, 4.69) is 0 Å². The number of alkyl halides is 6. The number of non-ortho nitro benzene ring substituents is 2. The molecular weight excluding hydrogens is 875 g/mol. The largest absolute Gasteiger partial charge is 0.490 e. The number of hydrogen-bond acceptors (Lipinski definition) is 8. The molecule has 2 atom stereocenters. The van der Waals surface area contributed by atoms with Crippen LogP contribution in [0.5, 0.6) is 11.5 Å². The van der Waals surface area contributed by atoms with Crippen molar-refractivity contribution in [2.24, 2.45) is 0 Å². The topological polar surface area (TPSA) is 155 Å². The molecule has 2 N–H and O–H groups in total. The molecule has 12 nitrogen and oxygen atoms in total. The van der Waals surface area contributed by atoms with Gasteiger partial charge in [0.2, 0.25) is 11.2 Å². The minimum Gasteiger partial charge on any atom is -0.490 e. The van der Waals surface area contributed by atoms with Crippen molar-refractivity contribution in [1.29, 1.82) is 0 Å². The average Bonchev–Trinajstić information content (AvgIpc) is 3.87. The predicted molar refractivity (Wildman–Crippen MR) is 232 cm³/mol. The third kappa shape index (κ3) is 9.55. The molecule has 6 aromatic carbocycles. The average molecular weight is 913 g/mol. The van der Waals surface area contributed by atoms with Gasteiger partial charge in [-0.25, -0.2) is 0 Å². The Morgan fingerprint density at radius 2 is 0.788 bits per heavy atom. The Morgan fingerprint density at radius 3 is 1.09 bits per heavy atom. The van der Waals surface area contributed by atoms with Gasteiger partial charge in [-0.3, -0.25) is 20.2 Å². The number of nitro benzene ring substituents is 2. The Balaban J connectivity index is 0.000000196. The molecule has 0 saturated heterocycles. The fourth-order valence-corrected chi connectivity index (χ4v) is 7.48. The summed E-state index contributed by atoms with van der Waals surface area (Å²) in [4.78, 5) is 22.0. The fraction of sp³-hybridized carbons (Fsp3) is 0.167. The molecule has 8 rings (SSSR count). The number of aliphatic hydroxyl groups is 2. The molecule has 0 fully saturated rings. The smallest absolute Gasteiger partial charge is 0.424 e. The van der Waals surface area contributed by atoms with Crippen LogP contribution in [0.2, 0.25) is 0 Å². The summed E-state index contributed by atoms with van der Waals surface area (Å²) in [5.74, 6) is 0.304. The molecule has 2 heterocycles. The van der Waals surface area contributed by atoms with E-state index in [4.69, 9.17) is 9.47 Å². The van der Waals surface area contributed by atoms with E-state index >= 15 is 0 Å². The quantitative estimate of drug-likeness (QED) is 0.0621.